The van der Waals surface area contributed by atoms with E-state index in [0.29, 0.717) is 11.3 Å². The Morgan fingerprint density at radius 2 is 2.33 bits per heavy atom. The lowest BCUT2D eigenvalue weighted by atomic mass is 10.1. The zero-order valence-electron chi connectivity index (χ0n) is 9.65. The lowest BCUT2D eigenvalue weighted by molar-refractivity contribution is -0.115. The number of hydrogen-bond acceptors (Lipinski definition) is 4. The van der Waals surface area contributed by atoms with Crippen molar-refractivity contribution in [3.05, 3.63) is 34.3 Å². The summed E-state index contributed by atoms with van der Waals surface area (Å²) in [4.78, 5) is 16.3. The van der Waals surface area contributed by atoms with Crippen LogP contribution in [-0.4, -0.2) is 10.9 Å². The Hall–Kier alpha value is -2.19. The fourth-order valence-corrected chi connectivity index (χ4v) is 2.83. The molecule has 0 unspecified atom stereocenters. The third-order valence-electron chi connectivity index (χ3n) is 2.88. The zero-order valence-corrected chi connectivity index (χ0v) is 10.5. The third-order valence-corrected chi connectivity index (χ3v) is 3.99. The van der Waals surface area contributed by atoms with Gasteiger partial charge in [0.05, 0.1) is 12.1 Å². The number of nitriles is 1. The Bertz CT molecular complexity index is 697. The molecule has 0 fully saturated rings. The van der Waals surface area contributed by atoms with Crippen molar-refractivity contribution in [3.63, 3.8) is 0 Å². The van der Waals surface area contributed by atoms with Crippen LogP contribution in [0, 0.1) is 18.3 Å². The van der Waals surface area contributed by atoms with Crippen LogP contribution in [0.1, 0.15) is 16.1 Å². The number of rotatable bonds is 1. The maximum atomic E-state index is 11.3. The van der Waals surface area contributed by atoms with Crippen molar-refractivity contribution < 1.29 is 4.79 Å². The number of hydrogen-bond donors (Lipinski definition) is 1. The fraction of sp³-hybridized carbons (Fsp3) is 0.154. The Balaban J connectivity index is 2.06. The van der Waals surface area contributed by atoms with Crippen molar-refractivity contribution in [2.75, 3.05) is 5.32 Å². The highest BCUT2D eigenvalue weighted by Crippen LogP contribution is 2.32. The van der Waals surface area contributed by atoms with Gasteiger partial charge in [-0.2, -0.15) is 5.26 Å². The second-order valence-corrected chi connectivity index (χ2v) is 5.14. The minimum atomic E-state index is 0.0233. The van der Waals surface area contributed by atoms with E-state index in [4.69, 9.17) is 5.26 Å². The molecule has 3 rings (SSSR count). The molecule has 4 nitrogen and oxygen atoms in total. The largest absolute Gasteiger partial charge is 0.326 e. The van der Waals surface area contributed by atoms with Crippen molar-refractivity contribution >= 4 is 22.9 Å². The van der Waals surface area contributed by atoms with Crippen LogP contribution >= 0.6 is 11.3 Å². The number of aryl methyl sites for hydroxylation is 1. The van der Waals surface area contributed by atoms with E-state index in [2.05, 4.69) is 16.4 Å². The van der Waals surface area contributed by atoms with Crippen LogP contribution in [0.15, 0.2) is 18.2 Å². The highest BCUT2D eigenvalue weighted by Gasteiger charge is 2.18. The van der Waals surface area contributed by atoms with Gasteiger partial charge in [-0.3, -0.25) is 4.79 Å². The highest BCUT2D eigenvalue weighted by molar-refractivity contribution is 7.15. The molecule has 1 aliphatic heterocycles. The van der Waals surface area contributed by atoms with Crippen LogP contribution in [0.3, 0.4) is 0 Å². The van der Waals surface area contributed by atoms with Crippen molar-refractivity contribution in [1.82, 2.24) is 4.98 Å². The molecule has 2 aromatic rings. The van der Waals surface area contributed by atoms with E-state index in [9.17, 15) is 4.79 Å². The van der Waals surface area contributed by atoms with E-state index in [0.717, 1.165) is 27.5 Å². The predicted octanol–water partition coefficient (Wildman–Crippen LogP) is 2.48. The van der Waals surface area contributed by atoms with Crippen molar-refractivity contribution in [2.24, 2.45) is 0 Å². The van der Waals surface area contributed by atoms with Crippen LogP contribution < -0.4 is 5.32 Å². The Kier molecular flexibility index (Phi) is 2.39. The molecule has 0 radical (unpaired) electrons. The number of nitrogens with zero attached hydrogens (tertiary/aromatic N) is 2. The molecule has 0 saturated heterocycles. The summed E-state index contributed by atoms with van der Waals surface area (Å²) in [5.41, 5.74) is 3.55. The molecule has 0 bridgehead atoms. The monoisotopic (exact) mass is 255 g/mol. The highest BCUT2D eigenvalue weighted by atomic mass is 32.1. The first-order chi connectivity index (χ1) is 8.67. The van der Waals surface area contributed by atoms with Gasteiger partial charge in [-0.1, -0.05) is 12.1 Å². The molecule has 1 aromatic heterocycles. The number of fused-ring (bicyclic) bond motifs is 1. The van der Waals surface area contributed by atoms with E-state index >= 15 is 0 Å². The SMILES string of the molecule is Cc1nc(-c2ccc3c(c2)NC(=O)C3)sc1C#N. The van der Waals surface area contributed by atoms with Gasteiger partial charge in [-0.15, -0.1) is 11.3 Å². The van der Waals surface area contributed by atoms with Gasteiger partial charge < -0.3 is 5.32 Å². The van der Waals surface area contributed by atoms with E-state index in [1.165, 1.54) is 11.3 Å². The molecule has 2 heterocycles. The molecule has 0 saturated carbocycles. The molecule has 1 amide bonds. The van der Waals surface area contributed by atoms with Crippen LogP contribution in [0.25, 0.3) is 10.6 Å². The van der Waals surface area contributed by atoms with Crippen LogP contribution in [0.2, 0.25) is 0 Å². The molecule has 0 atom stereocenters. The van der Waals surface area contributed by atoms with E-state index in [-0.39, 0.29) is 5.91 Å². The van der Waals surface area contributed by atoms with Gasteiger partial charge in [0.1, 0.15) is 16.0 Å². The number of aromatic nitrogens is 1. The molecule has 1 aliphatic rings. The van der Waals surface area contributed by atoms with Gasteiger partial charge in [0.25, 0.3) is 0 Å². The molecule has 1 aromatic carbocycles. The number of anilines is 1. The molecule has 1 N–H and O–H groups in total. The summed E-state index contributed by atoms with van der Waals surface area (Å²) in [7, 11) is 0. The molecular formula is C13H9N3OS. The van der Waals surface area contributed by atoms with Crippen LogP contribution in [-0.2, 0) is 11.2 Å². The number of carbonyl (C=O) groups excluding carboxylic acids is 1. The number of carbonyl (C=O) groups is 1. The van der Waals surface area contributed by atoms with E-state index < -0.39 is 0 Å². The number of benzene rings is 1. The normalized spacial score (nSPS) is 13.0. The Morgan fingerprint density at radius 3 is 3.06 bits per heavy atom. The van der Waals surface area contributed by atoms with Gasteiger partial charge in [0, 0.05) is 11.3 Å². The first-order valence-corrected chi connectivity index (χ1v) is 6.29. The summed E-state index contributed by atoms with van der Waals surface area (Å²) >= 11 is 1.37. The van der Waals surface area contributed by atoms with Gasteiger partial charge >= 0.3 is 0 Å². The zero-order chi connectivity index (χ0) is 12.7. The first kappa shape index (κ1) is 10.9. The summed E-state index contributed by atoms with van der Waals surface area (Å²) in [6.45, 7) is 1.83. The summed E-state index contributed by atoms with van der Waals surface area (Å²) in [6, 6.07) is 7.93. The van der Waals surface area contributed by atoms with Gasteiger partial charge in [0.2, 0.25) is 5.91 Å². The van der Waals surface area contributed by atoms with Gasteiger partial charge in [-0.25, -0.2) is 4.98 Å². The van der Waals surface area contributed by atoms with Crippen molar-refractivity contribution in [1.29, 1.82) is 5.26 Å². The minimum Gasteiger partial charge on any atom is -0.326 e. The molecular weight excluding hydrogens is 246 g/mol. The Morgan fingerprint density at radius 1 is 1.50 bits per heavy atom. The summed E-state index contributed by atoms with van der Waals surface area (Å²) in [5.74, 6) is 0.0233. The second-order valence-electron chi connectivity index (χ2n) is 4.14. The fourth-order valence-electron chi connectivity index (χ4n) is 1.97. The lowest BCUT2D eigenvalue weighted by Crippen LogP contribution is -2.03. The second kappa shape index (κ2) is 3.93. The van der Waals surface area contributed by atoms with Crippen LogP contribution in [0.4, 0.5) is 5.69 Å². The summed E-state index contributed by atoms with van der Waals surface area (Å²) in [6.07, 6.45) is 0.440. The quantitative estimate of drug-likeness (QED) is 0.851. The minimum absolute atomic E-state index is 0.0233. The maximum Gasteiger partial charge on any atom is 0.228 e. The van der Waals surface area contributed by atoms with Crippen molar-refractivity contribution in [2.45, 2.75) is 13.3 Å². The first-order valence-electron chi connectivity index (χ1n) is 5.48. The molecule has 88 valence electrons. The Labute approximate surface area is 108 Å². The number of thiazole rings is 1. The molecule has 0 spiro atoms. The van der Waals surface area contributed by atoms with Gasteiger partial charge in [-0.05, 0) is 18.6 Å². The number of nitrogens with one attached hydrogen (secondary N) is 1. The maximum absolute atomic E-state index is 11.3. The standard InChI is InChI=1S/C13H9N3OS/c1-7-11(6-14)18-13(15-7)9-3-2-8-5-12(17)16-10(8)4-9/h2-4H,5H2,1H3,(H,16,17). The van der Waals surface area contributed by atoms with Gasteiger partial charge in [0.15, 0.2) is 0 Å². The predicted molar refractivity (Wildman–Crippen MR) is 69.3 cm³/mol. The smallest absolute Gasteiger partial charge is 0.228 e. The molecule has 18 heavy (non-hydrogen) atoms. The molecule has 5 heteroatoms. The van der Waals surface area contributed by atoms with Crippen LogP contribution in [0.5, 0.6) is 0 Å². The lowest BCUT2D eigenvalue weighted by Gasteiger charge is -2.01. The summed E-state index contributed by atoms with van der Waals surface area (Å²) in [5, 5.41) is 12.6. The van der Waals surface area contributed by atoms with E-state index in [1.807, 2.05) is 25.1 Å². The van der Waals surface area contributed by atoms with Crippen molar-refractivity contribution in [3.8, 4) is 16.6 Å². The topological polar surface area (TPSA) is 65.8 Å². The average molecular weight is 255 g/mol. The third kappa shape index (κ3) is 1.67. The number of amides is 1. The van der Waals surface area contributed by atoms with E-state index in [1.54, 1.807) is 0 Å². The molecule has 0 aliphatic carbocycles. The summed E-state index contributed by atoms with van der Waals surface area (Å²) < 4.78 is 0. The average Bonchev–Trinajstić information content (AvgIpc) is 2.89.